The van der Waals surface area contributed by atoms with Crippen molar-refractivity contribution in [3.63, 3.8) is 0 Å². The van der Waals surface area contributed by atoms with Gasteiger partial charge in [0.05, 0.1) is 0 Å². The number of anilines is 1. The summed E-state index contributed by atoms with van der Waals surface area (Å²) in [6, 6.07) is 13.8. The largest absolute Gasteiger partial charge is 0.480 e. The molecule has 7 heteroatoms. The molecule has 0 fully saturated rings. The third-order valence-corrected chi connectivity index (χ3v) is 5.58. The highest BCUT2D eigenvalue weighted by Crippen LogP contribution is 2.29. The van der Waals surface area contributed by atoms with Gasteiger partial charge >= 0.3 is 0 Å². The minimum absolute atomic E-state index is 0.210. The van der Waals surface area contributed by atoms with Crippen LogP contribution < -0.4 is 10.1 Å². The maximum Gasteiger partial charge on any atom is 0.267 e. The van der Waals surface area contributed by atoms with E-state index in [0.717, 1.165) is 15.1 Å². The monoisotopic (exact) mass is 387 g/mol. The molecular formula is C19H21N3O2S2. The van der Waals surface area contributed by atoms with Crippen LogP contribution in [0.1, 0.15) is 27.2 Å². The van der Waals surface area contributed by atoms with Crippen LogP contribution in [-0.2, 0) is 4.79 Å². The minimum atomic E-state index is -0.592. The molecule has 1 amide bonds. The van der Waals surface area contributed by atoms with Gasteiger partial charge in [-0.2, -0.15) is 0 Å². The number of hydrogen-bond acceptors (Lipinski definition) is 6. The van der Waals surface area contributed by atoms with E-state index in [2.05, 4.69) is 29.4 Å². The fraction of sp³-hybridized carbons (Fsp3) is 0.316. The molecule has 0 radical (unpaired) electrons. The van der Waals surface area contributed by atoms with Crippen molar-refractivity contribution in [2.24, 2.45) is 0 Å². The van der Waals surface area contributed by atoms with Gasteiger partial charge in [-0.05, 0) is 17.9 Å². The number of carbonyl (C=O) groups is 1. The number of ether oxygens (including phenoxy) is 1. The molecule has 0 aliphatic carbocycles. The summed E-state index contributed by atoms with van der Waals surface area (Å²) in [4.78, 5) is 12.6. The van der Waals surface area contributed by atoms with Crippen LogP contribution in [0.5, 0.6) is 5.75 Å². The van der Waals surface area contributed by atoms with Crippen molar-refractivity contribution in [2.75, 3.05) is 5.32 Å². The summed E-state index contributed by atoms with van der Waals surface area (Å²) in [6.45, 7) is 6.11. The van der Waals surface area contributed by atoms with E-state index in [1.807, 2.05) is 49.4 Å². The van der Waals surface area contributed by atoms with E-state index in [4.69, 9.17) is 4.74 Å². The van der Waals surface area contributed by atoms with Gasteiger partial charge in [0.25, 0.3) is 5.91 Å². The lowest BCUT2D eigenvalue weighted by Crippen LogP contribution is -2.32. The Labute approximate surface area is 161 Å². The van der Waals surface area contributed by atoms with Gasteiger partial charge < -0.3 is 4.74 Å². The summed E-state index contributed by atoms with van der Waals surface area (Å²) in [5, 5.41) is 14.0. The zero-order valence-electron chi connectivity index (χ0n) is 14.9. The first-order valence-corrected chi connectivity index (χ1v) is 10.2. The highest BCUT2D eigenvalue weighted by molar-refractivity contribution is 8.01. The van der Waals surface area contributed by atoms with Gasteiger partial charge in [-0.3, -0.25) is 10.1 Å². The maximum atomic E-state index is 12.6. The third kappa shape index (κ3) is 4.53. The number of hydrogen-bond donors (Lipinski definition) is 1. The van der Waals surface area contributed by atoms with Crippen molar-refractivity contribution in [2.45, 2.75) is 42.9 Å². The lowest BCUT2D eigenvalue weighted by atomic mass is 10.1. The van der Waals surface area contributed by atoms with Gasteiger partial charge in [-0.15, -0.1) is 10.2 Å². The first-order valence-electron chi connectivity index (χ1n) is 8.52. The Morgan fingerprint density at radius 1 is 1.19 bits per heavy atom. The molecule has 0 unspecified atom stereocenters. The number of fused-ring (bicyclic) bond motifs is 1. The summed E-state index contributed by atoms with van der Waals surface area (Å²) in [6.07, 6.45) is -0.0347. The lowest BCUT2D eigenvalue weighted by molar-refractivity contribution is -0.122. The molecule has 1 N–H and O–H groups in total. The van der Waals surface area contributed by atoms with Crippen molar-refractivity contribution < 1.29 is 9.53 Å². The smallest absolute Gasteiger partial charge is 0.267 e. The fourth-order valence-electron chi connectivity index (χ4n) is 2.47. The predicted molar refractivity (Wildman–Crippen MR) is 108 cm³/mol. The zero-order chi connectivity index (χ0) is 18.5. The summed E-state index contributed by atoms with van der Waals surface area (Å²) in [7, 11) is 0. The van der Waals surface area contributed by atoms with E-state index < -0.39 is 6.10 Å². The number of thioether (sulfide) groups is 1. The molecule has 3 rings (SSSR count). The highest BCUT2D eigenvalue weighted by atomic mass is 32.2. The van der Waals surface area contributed by atoms with Gasteiger partial charge in [0.2, 0.25) is 5.13 Å². The van der Waals surface area contributed by atoms with Crippen LogP contribution >= 0.6 is 23.1 Å². The number of carbonyl (C=O) groups excluding carboxylic acids is 1. The van der Waals surface area contributed by atoms with Gasteiger partial charge in [0.1, 0.15) is 5.75 Å². The second-order valence-corrected chi connectivity index (χ2v) is 8.82. The molecule has 0 saturated heterocycles. The molecule has 26 heavy (non-hydrogen) atoms. The molecular weight excluding hydrogens is 366 g/mol. The number of nitrogens with one attached hydrogen (secondary N) is 1. The van der Waals surface area contributed by atoms with Crippen molar-refractivity contribution in [3.05, 3.63) is 42.5 Å². The predicted octanol–water partition coefficient (Wildman–Crippen LogP) is 4.99. The Hall–Kier alpha value is -2.12. The molecule has 3 aromatic rings. The van der Waals surface area contributed by atoms with E-state index in [1.165, 1.54) is 11.3 Å². The molecule has 0 aliphatic heterocycles. The Balaban J connectivity index is 1.71. The average molecular weight is 388 g/mol. The summed E-state index contributed by atoms with van der Waals surface area (Å²) < 4.78 is 6.87. The maximum absolute atomic E-state index is 12.6. The van der Waals surface area contributed by atoms with Gasteiger partial charge in [0, 0.05) is 10.6 Å². The lowest BCUT2D eigenvalue weighted by Gasteiger charge is -2.17. The van der Waals surface area contributed by atoms with Crippen LogP contribution in [0.4, 0.5) is 5.13 Å². The summed E-state index contributed by atoms with van der Waals surface area (Å²) >= 11 is 3.01. The summed E-state index contributed by atoms with van der Waals surface area (Å²) in [5.74, 6) is 0.496. The van der Waals surface area contributed by atoms with Crippen LogP contribution in [0.2, 0.25) is 0 Å². The molecule has 0 spiro atoms. The van der Waals surface area contributed by atoms with E-state index in [9.17, 15) is 4.79 Å². The quantitative estimate of drug-likeness (QED) is 0.457. The number of rotatable bonds is 7. The Morgan fingerprint density at radius 2 is 1.96 bits per heavy atom. The van der Waals surface area contributed by atoms with Crippen LogP contribution in [0, 0.1) is 0 Å². The van der Waals surface area contributed by atoms with Crippen LogP contribution in [0.25, 0.3) is 10.8 Å². The SMILES string of the molecule is CC[C@@H](Oc1cccc2ccccc12)C(=O)Nc1nnc(SC(C)C)s1. The highest BCUT2D eigenvalue weighted by Gasteiger charge is 2.21. The van der Waals surface area contributed by atoms with Crippen molar-refractivity contribution >= 4 is 44.9 Å². The van der Waals surface area contributed by atoms with Crippen molar-refractivity contribution in [1.82, 2.24) is 10.2 Å². The molecule has 5 nitrogen and oxygen atoms in total. The number of aromatic nitrogens is 2. The molecule has 0 saturated carbocycles. The third-order valence-electron chi connectivity index (χ3n) is 3.66. The summed E-state index contributed by atoms with van der Waals surface area (Å²) in [5.41, 5.74) is 0. The van der Waals surface area contributed by atoms with Crippen LogP contribution in [0.15, 0.2) is 46.8 Å². The first-order chi connectivity index (χ1) is 12.6. The molecule has 2 aromatic carbocycles. The minimum Gasteiger partial charge on any atom is -0.480 e. The number of amides is 1. The van der Waals surface area contributed by atoms with Crippen molar-refractivity contribution in [1.29, 1.82) is 0 Å². The van der Waals surface area contributed by atoms with E-state index >= 15 is 0 Å². The molecule has 0 aliphatic rings. The van der Waals surface area contributed by atoms with E-state index in [-0.39, 0.29) is 5.91 Å². The van der Waals surface area contributed by atoms with Crippen LogP contribution in [-0.4, -0.2) is 27.5 Å². The second-order valence-electron chi connectivity index (χ2n) is 6.02. The molecule has 1 aromatic heterocycles. The Morgan fingerprint density at radius 3 is 2.73 bits per heavy atom. The van der Waals surface area contributed by atoms with Crippen LogP contribution in [0.3, 0.4) is 0 Å². The zero-order valence-corrected chi connectivity index (χ0v) is 16.6. The standard InChI is InChI=1S/C19H21N3O2S2/c1-4-15(17(23)20-18-21-22-19(26-18)25-12(2)3)24-16-11-7-9-13-8-5-6-10-14(13)16/h5-12,15H,4H2,1-3H3,(H,20,21,23)/t15-/m1/s1. The molecule has 0 bridgehead atoms. The van der Waals surface area contributed by atoms with E-state index in [1.54, 1.807) is 11.8 Å². The Kier molecular flexibility index (Phi) is 6.11. The van der Waals surface area contributed by atoms with E-state index in [0.29, 0.717) is 22.6 Å². The first kappa shape index (κ1) is 18.7. The molecule has 1 heterocycles. The number of benzene rings is 2. The van der Waals surface area contributed by atoms with Gasteiger partial charge in [-0.1, -0.05) is 80.3 Å². The Bertz CT molecular complexity index is 890. The molecule has 136 valence electrons. The fourth-order valence-corrected chi connectivity index (χ4v) is 4.45. The van der Waals surface area contributed by atoms with Crippen molar-refractivity contribution in [3.8, 4) is 5.75 Å². The van der Waals surface area contributed by atoms with Gasteiger partial charge in [0.15, 0.2) is 10.4 Å². The normalized spacial score (nSPS) is 12.3. The van der Waals surface area contributed by atoms with Gasteiger partial charge in [-0.25, -0.2) is 0 Å². The second kappa shape index (κ2) is 8.51. The average Bonchev–Trinajstić information content (AvgIpc) is 3.05. The molecule has 1 atom stereocenters. The number of nitrogens with zero attached hydrogens (tertiary/aromatic N) is 2. The topological polar surface area (TPSA) is 64.1 Å².